The van der Waals surface area contributed by atoms with Crippen LogP contribution in [0.3, 0.4) is 0 Å². The molecular weight excluding hydrogens is 304 g/mol. The molecule has 3 fully saturated rings. The summed E-state index contributed by atoms with van der Waals surface area (Å²) in [5.74, 6) is 0.644. The molecule has 4 heterocycles. The maximum atomic E-state index is 6.34. The van der Waals surface area contributed by atoms with Gasteiger partial charge in [0.25, 0.3) is 0 Å². The van der Waals surface area contributed by atoms with Crippen molar-refractivity contribution in [3.63, 3.8) is 0 Å². The molecule has 3 atom stereocenters. The summed E-state index contributed by atoms with van der Waals surface area (Å²) in [7, 11) is 0. The minimum atomic E-state index is 0.196. The molecule has 0 N–H and O–H groups in total. The third kappa shape index (κ3) is 3.80. The predicted molar refractivity (Wildman–Crippen MR) is 90.7 cm³/mol. The monoisotopic (exact) mass is 332 g/mol. The van der Waals surface area contributed by atoms with Crippen molar-refractivity contribution in [3.8, 4) is 0 Å². The maximum Gasteiger partial charge on any atom is 0.100 e. The van der Waals surface area contributed by atoms with Crippen molar-refractivity contribution in [1.29, 1.82) is 0 Å². The number of ether oxygens (including phenoxy) is 3. The molecule has 1 aromatic rings. The van der Waals surface area contributed by atoms with Gasteiger partial charge in [0.2, 0.25) is 0 Å². The van der Waals surface area contributed by atoms with Gasteiger partial charge >= 0.3 is 0 Å². The van der Waals surface area contributed by atoms with Gasteiger partial charge in [-0.2, -0.15) is 0 Å². The number of pyridine rings is 1. The average molecular weight is 332 g/mol. The predicted octanol–water partition coefficient (Wildman–Crippen LogP) is 2.26. The molecule has 4 rings (SSSR count). The van der Waals surface area contributed by atoms with E-state index in [-0.39, 0.29) is 12.2 Å². The third-order valence-electron chi connectivity index (χ3n) is 5.56. The van der Waals surface area contributed by atoms with Gasteiger partial charge in [-0.1, -0.05) is 6.07 Å². The largest absolute Gasteiger partial charge is 0.381 e. The number of fused-ring (bicyclic) bond motifs is 1. The highest BCUT2D eigenvalue weighted by atomic mass is 16.5. The van der Waals surface area contributed by atoms with E-state index in [1.807, 2.05) is 12.3 Å². The normalized spacial score (nSPS) is 31.9. The summed E-state index contributed by atoms with van der Waals surface area (Å²) in [5, 5.41) is 0. The zero-order valence-electron chi connectivity index (χ0n) is 14.3. The fraction of sp³-hybridized carbons (Fsp3) is 0.737. The van der Waals surface area contributed by atoms with Crippen LogP contribution in [0.1, 0.15) is 31.4 Å². The Balaban J connectivity index is 1.37. The molecule has 24 heavy (non-hydrogen) atoms. The zero-order valence-corrected chi connectivity index (χ0v) is 14.3. The summed E-state index contributed by atoms with van der Waals surface area (Å²) in [4.78, 5) is 7.00. The van der Waals surface area contributed by atoms with Gasteiger partial charge in [0, 0.05) is 45.1 Å². The summed E-state index contributed by atoms with van der Waals surface area (Å²) in [5.41, 5.74) is 1.13. The van der Waals surface area contributed by atoms with Crippen LogP contribution < -0.4 is 0 Å². The number of likely N-dealkylation sites (tertiary alicyclic amines) is 1. The number of rotatable bonds is 5. The molecule has 3 saturated heterocycles. The second-order valence-corrected chi connectivity index (χ2v) is 7.22. The highest BCUT2D eigenvalue weighted by molar-refractivity contribution is 5.06. The molecule has 5 heteroatoms. The lowest BCUT2D eigenvalue weighted by Crippen LogP contribution is -2.42. The van der Waals surface area contributed by atoms with E-state index in [2.05, 4.69) is 22.0 Å². The van der Waals surface area contributed by atoms with Crippen molar-refractivity contribution in [1.82, 2.24) is 9.88 Å². The Hall–Kier alpha value is -1.01. The van der Waals surface area contributed by atoms with Crippen LogP contribution >= 0.6 is 0 Å². The summed E-state index contributed by atoms with van der Waals surface area (Å²) >= 11 is 0. The van der Waals surface area contributed by atoms with Crippen molar-refractivity contribution in [2.75, 3.05) is 33.0 Å². The summed E-state index contributed by atoms with van der Waals surface area (Å²) < 4.78 is 17.9. The van der Waals surface area contributed by atoms with Gasteiger partial charge in [-0.15, -0.1) is 0 Å². The van der Waals surface area contributed by atoms with E-state index in [0.717, 1.165) is 64.5 Å². The standard InChI is InChI=1S/C19H28N2O3/c1-2-8-20-16(4-1)12-21-13-18(19-17(21)5-3-9-23-19)24-14-15-6-10-22-11-7-15/h1-2,4,8,15,17-19H,3,5-7,9-14H2/t17-,18+,19+/m1/s1. The molecule has 3 aliphatic rings. The molecule has 0 aromatic carbocycles. The summed E-state index contributed by atoms with van der Waals surface area (Å²) in [6, 6.07) is 6.61. The van der Waals surface area contributed by atoms with E-state index in [1.54, 1.807) is 0 Å². The van der Waals surface area contributed by atoms with Gasteiger partial charge in [-0.25, -0.2) is 0 Å². The zero-order chi connectivity index (χ0) is 16.2. The lowest BCUT2D eigenvalue weighted by atomic mass is 10.0. The molecule has 0 saturated carbocycles. The average Bonchev–Trinajstić information content (AvgIpc) is 3.00. The molecule has 0 bridgehead atoms. The quantitative estimate of drug-likeness (QED) is 0.827. The molecule has 5 nitrogen and oxygen atoms in total. The van der Waals surface area contributed by atoms with Gasteiger partial charge < -0.3 is 14.2 Å². The Kier molecular flexibility index (Phi) is 5.43. The van der Waals surface area contributed by atoms with Crippen molar-refractivity contribution in [3.05, 3.63) is 30.1 Å². The smallest absolute Gasteiger partial charge is 0.100 e. The van der Waals surface area contributed by atoms with Crippen LogP contribution in [0.25, 0.3) is 0 Å². The lowest BCUT2D eigenvalue weighted by molar-refractivity contribution is -0.0892. The molecule has 0 unspecified atom stereocenters. The van der Waals surface area contributed by atoms with Crippen LogP contribution in [-0.2, 0) is 20.8 Å². The van der Waals surface area contributed by atoms with Crippen LogP contribution in [0.2, 0.25) is 0 Å². The highest BCUT2D eigenvalue weighted by Gasteiger charge is 2.44. The van der Waals surface area contributed by atoms with Crippen LogP contribution in [0, 0.1) is 5.92 Å². The number of nitrogens with zero attached hydrogens (tertiary/aromatic N) is 2. The van der Waals surface area contributed by atoms with Crippen molar-refractivity contribution in [2.45, 2.75) is 50.5 Å². The molecule has 1 aromatic heterocycles. The Morgan fingerprint density at radius 2 is 2.08 bits per heavy atom. The molecule has 132 valence electrons. The molecule has 0 spiro atoms. The van der Waals surface area contributed by atoms with Crippen LogP contribution in [0.5, 0.6) is 0 Å². The minimum absolute atomic E-state index is 0.196. The first-order chi connectivity index (χ1) is 11.9. The SMILES string of the molecule is c1ccc(CN2C[C@H](OCC3CCOCC3)[C@H]3OCCC[C@H]32)nc1. The Labute approximate surface area is 144 Å². The molecule has 0 radical (unpaired) electrons. The van der Waals surface area contributed by atoms with Gasteiger partial charge in [0.05, 0.1) is 18.4 Å². The van der Waals surface area contributed by atoms with Gasteiger partial charge in [-0.3, -0.25) is 9.88 Å². The maximum absolute atomic E-state index is 6.34. The number of aromatic nitrogens is 1. The first-order valence-electron chi connectivity index (χ1n) is 9.35. The Morgan fingerprint density at radius 3 is 2.92 bits per heavy atom. The van der Waals surface area contributed by atoms with Crippen LogP contribution in [0.15, 0.2) is 24.4 Å². The number of hydrogen-bond donors (Lipinski definition) is 0. The Morgan fingerprint density at radius 1 is 1.17 bits per heavy atom. The van der Waals surface area contributed by atoms with E-state index < -0.39 is 0 Å². The summed E-state index contributed by atoms with van der Waals surface area (Å²) in [6.45, 7) is 5.32. The number of hydrogen-bond acceptors (Lipinski definition) is 5. The van der Waals surface area contributed by atoms with Gasteiger partial charge in [0.1, 0.15) is 6.10 Å². The van der Waals surface area contributed by atoms with Crippen molar-refractivity contribution in [2.24, 2.45) is 5.92 Å². The van der Waals surface area contributed by atoms with E-state index in [9.17, 15) is 0 Å². The topological polar surface area (TPSA) is 43.8 Å². The minimum Gasteiger partial charge on any atom is -0.381 e. The van der Waals surface area contributed by atoms with E-state index in [0.29, 0.717) is 12.0 Å². The summed E-state index contributed by atoms with van der Waals surface area (Å²) in [6.07, 6.45) is 6.89. The Bertz CT molecular complexity index is 507. The van der Waals surface area contributed by atoms with E-state index in [4.69, 9.17) is 14.2 Å². The fourth-order valence-corrected chi connectivity index (χ4v) is 4.20. The molecular formula is C19H28N2O3. The van der Waals surface area contributed by atoms with Gasteiger partial charge in [0.15, 0.2) is 0 Å². The van der Waals surface area contributed by atoms with Crippen LogP contribution in [0.4, 0.5) is 0 Å². The third-order valence-corrected chi connectivity index (χ3v) is 5.56. The van der Waals surface area contributed by atoms with Crippen molar-refractivity contribution >= 4 is 0 Å². The van der Waals surface area contributed by atoms with Crippen molar-refractivity contribution < 1.29 is 14.2 Å². The first kappa shape index (κ1) is 16.5. The second kappa shape index (κ2) is 7.91. The van der Waals surface area contributed by atoms with Gasteiger partial charge in [-0.05, 0) is 43.7 Å². The second-order valence-electron chi connectivity index (χ2n) is 7.22. The molecule has 0 aliphatic carbocycles. The van der Waals surface area contributed by atoms with Crippen LogP contribution in [-0.4, -0.2) is 61.1 Å². The first-order valence-corrected chi connectivity index (χ1v) is 9.35. The van der Waals surface area contributed by atoms with E-state index in [1.165, 1.54) is 6.42 Å². The highest BCUT2D eigenvalue weighted by Crippen LogP contribution is 2.32. The lowest BCUT2D eigenvalue weighted by Gasteiger charge is -2.32. The molecule has 3 aliphatic heterocycles. The molecule has 0 amide bonds. The van der Waals surface area contributed by atoms with E-state index >= 15 is 0 Å². The fourth-order valence-electron chi connectivity index (χ4n) is 4.20.